The fraction of sp³-hybridized carbons (Fsp3) is 0.167. The van der Waals surface area contributed by atoms with Gasteiger partial charge in [0.1, 0.15) is 17.8 Å². The molecule has 2 N–H and O–H groups in total. The highest BCUT2D eigenvalue weighted by Crippen LogP contribution is 2.25. The summed E-state index contributed by atoms with van der Waals surface area (Å²) in [5.41, 5.74) is 6.94. The topological polar surface area (TPSA) is 55.0 Å². The second-order valence-corrected chi connectivity index (χ2v) is 4.25. The van der Waals surface area contributed by atoms with E-state index in [1.165, 1.54) is 18.5 Å². The number of hydrogen-bond donors (Lipinski definition) is 1. The van der Waals surface area contributed by atoms with E-state index in [2.05, 4.69) is 9.97 Å². The third-order valence-corrected chi connectivity index (χ3v) is 2.79. The van der Waals surface area contributed by atoms with Crippen LogP contribution in [0.15, 0.2) is 30.6 Å². The zero-order valence-corrected chi connectivity index (χ0v) is 10.5. The molecule has 0 unspecified atom stereocenters. The van der Waals surface area contributed by atoms with Crippen molar-refractivity contribution in [1.29, 1.82) is 0 Å². The Kier molecular flexibility index (Phi) is 3.62. The Morgan fingerprint density at radius 1 is 1.39 bits per heavy atom. The largest absolute Gasteiger partial charge is 0.393 e. The molecule has 94 valence electrons. The molecule has 4 nitrogen and oxygen atoms in total. The van der Waals surface area contributed by atoms with Gasteiger partial charge in [-0.1, -0.05) is 23.7 Å². The van der Waals surface area contributed by atoms with Gasteiger partial charge in [0, 0.05) is 13.6 Å². The predicted molar refractivity (Wildman–Crippen MR) is 70.0 cm³/mol. The number of rotatable bonds is 3. The van der Waals surface area contributed by atoms with E-state index in [9.17, 15) is 4.39 Å². The van der Waals surface area contributed by atoms with E-state index in [-0.39, 0.29) is 11.0 Å². The monoisotopic (exact) mass is 266 g/mol. The van der Waals surface area contributed by atoms with Gasteiger partial charge in [-0.2, -0.15) is 0 Å². The molecular formula is C12H12ClFN4. The smallest absolute Gasteiger partial charge is 0.157 e. The normalized spacial score (nSPS) is 10.4. The van der Waals surface area contributed by atoms with Gasteiger partial charge in [-0.25, -0.2) is 14.4 Å². The van der Waals surface area contributed by atoms with Crippen LogP contribution in [-0.2, 0) is 6.54 Å². The van der Waals surface area contributed by atoms with Gasteiger partial charge in [0.25, 0.3) is 0 Å². The highest BCUT2D eigenvalue weighted by molar-refractivity contribution is 6.32. The maximum absolute atomic E-state index is 13.1. The molecule has 0 fully saturated rings. The molecule has 2 rings (SSSR count). The molecule has 0 aliphatic heterocycles. The zero-order valence-electron chi connectivity index (χ0n) is 9.77. The van der Waals surface area contributed by atoms with Crippen molar-refractivity contribution in [2.75, 3.05) is 17.7 Å². The molecule has 0 spiro atoms. The number of nitrogens with zero attached hydrogens (tertiary/aromatic N) is 3. The average molecular weight is 267 g/mol. The van der Waals surface area contributed by atoms with Gasteiger partial charge in [0.15, 0.2) is 11.0 Å². The third kappa shape index (κ3) is 2.68. The second-order valence-electron chi connectivity index (χ2n) is 3.89. The lowest BCUT2D eigenvalue weighted by molar-refractivity contribution is 0.625. The molecule has 18 heavy (non-hydrogen) atoms. The lowest BCUT2D eigenvalue weighted by Gasteiger charge is -2.19. The van der Waals surface area contributed by atoms with Crippen LogP contribution < -0.4 is 10.6 Å². The van der Waals surface area contributed by atoms with Crippen LogP contribution in [-0.4, -0.2) is 17.0 Å². The second kappa shape index (κ2) is 5.18. The van der Waals surface area contributed by atoms with Crippen LogP contribution in [0.25, 0.3) is 0 Å². The predicted octanol–water partition coefficient (Wildman–Crippen LogP) is 2.49. The van der Waals surface area contributed by atoms with Gasteiger partial charge >= 0.3 is 0 Å². The molecule has 1 aromatic heterocycles. The van der Waals surface area contributed by atoms with Crippen LogP contribution in [0.3, 0.4) is 0 Å². The van der Waals surface area contributed by atoms with Crippen LogP contribution in [0, 0.1) is 5.82 Å². The van der Waals surface area contributed by atoms with Crippen LogP contribution in [0.4, 0.5) is 15.9 Å². The van der Waals surface area contributed by atoms with Crippen LogP contribution in [0.1, 0.15) is 5.56 Å². The Morgan fingerprint density at radius 2 is 2.17 bits per heavy atom. The lowest BCUT2D eigenvalue weighted by atomic mass is 10.2. The molecule has 1 aromatic carbocycles. The number of halogens is 2. The first-order chi connectivity index (χ1) is 8.58. The number of hydrogen-bond acceptors (Lipinski definition) is 4. The zero-order chi connectivity index (χ0) is 13.1. The van der Waals surface area contributed by atoms with E-state index in [1.807, 2.05) is 6.07 Å². The molecule has 0 aliphatic rings. The van der Waals surface area contributed by atoms with Gasteiger partial charge in [-0.05, 0) is 17.7 Å². The summed E-state index contributed by atoms with van der Waals surface area (Å²) >= 11 is 5.82. The Hall–Kier alpha value is -1.88. The maximum Gasteiger partial charge on any atom is 0.157 e. The molecule has 0 aliphatic carbocycles. The summed E-state index contributed by atoms with van der Waals surface area (Å²) in [4.78, 5) is 9.64. The van der Waals surface area contributed by atoms with Crippen molar-refractivity contribution in [2.24, 2.45) is 0 Å². The molecule has 0 radical (unpaired) electrons. The highest BCUT2D eigenvalue weighted by atomic mass is 35.5. The third-order valence-electron chi connectivity index (χ3n) is 2.48. The first-order valence-electron chi connectivity index (χ1n) is 5.29. The molecule has 6 heteroatoms. The standard InChI is InChI=1S/C12H12ClFN4/c1-18(6-8-3-2-4-9(14)5-8)12-10(15)11(13)16-7-17-12/h2-5,7H,6,15H2,1H3. The molecule has 0 bridgehead atoms. The van der Waals surface area contributed by atoms with Crippen LogP contribution >= 0.6 is 11.6 Å². The first kappa shape index (κ1) is 12.6. The van der Waals surface area contributed by atoms with Crippen molar-refractivity contribution < 1.29 is 4.39 Å². The average Bonchev–Trinajstić information content (AvgIpc) is 2.32. The minimum atomic E-state index is -0.269. The number of benzene rings is 1. The fourth-order valence-corrected chi connectivity index (χ4v) is 1.78. The summed E-state index contributed by atoms with van der Waals surface area (Å²) in [5.74, 6) is 0.258. The van der Waals surface area contributed by atoms with E-state index < -0.39 is 0 Å². The van der Waals surface area contributed by atoms with E-state index in [1.54, 1.807) is 18.0 Å². The maximum atomic E-state index is 13.1. The molecule has 2 aromatic rings. The van der Waals surface area contributed by atoms with Crippen LogP contribution in [0.2, 0.25) is 5.15 Å². The SMILES string of the molecule is CN(Cc1cccc(F)c1)c1ncnc(Cl)c1N. The quantitative estimate of drug-likeness (QED) is 0.867. The molecule has 1 heterocycles. The van der Waals surface area contributed by atoms with Crippen molar-refractivity contribution in [2.45, 2.75) is 6.54 Å². The minimum Gasteiger partial charge on any atom is -0.393 e. The van der Waals surface area contributed by atoms with Gasteiger partial charge in [0.05, 0.1) is 0 Å². The molecular weight excluding hydrogens is 255 g/mol. The number of nitrogens with two attached hydrogens (primary N) is 1. The Morgan fingerprint density at radius 3 is 2.89 bits per heavy atom. The summed E-state index contributed by atoms with van der Waals surface area (Å²) in [6, 6.07) is 6.36. The molecule has 0 saturated carbocycles. The Labute approximate surface area is 109 Å². The lowest BCUT2D eigenvalue weighted by Crippen LogP contribution is -2.19. The van der Waals surface area contributed by atoms with E-state index >= 15 is 0 Å². The van der Waals surface area contributed by atoms with Crippen molar-refractivity contribution in [3.8, 4) is 0 Å². The first-order valence-corrected chi connectivity index (χ1v) is 5.67. The number of aromatic nitrogens is 2. The number of anilines is 2. The van der Waals surface area contributed by atoms with E-state index in [4.69, 9.17) is 17.3 Å². The van der Waals surface area contributed by atoms with Crippen LogP contribution in [0.5, 0.6) is 0 Å². The highest BCUT2D eigenvalue weighted by Gasteiger charge is 2.11. The van der Waals surface area contributed by atoms with Crippen molar-refractivity contribution in [3.63, 3.8) is 0 Å². The Balaban J connectivity index is 2.22. The summed E-state index contributed by atoms with van der Waals surface area (Å²) < 4.78 is 13.1. The molecule has 0 atom stereocenters. The fourth-order valence-electron chi connectivity index (χ4n) is 1.65. The number of nitrogen functional groups attached to an aromatic ring is 1. The summed E-state index contributed by atoms with van der Waals surface area (Å²) in [5, 5.41) is 0.214. The molecule has 0 amide bonds. The van der Waals surface area contributed by atoms with E-state index in [0.29, 0.717) is 18.1 Å². The summed E-state index contributed by atoms with van der Waals surface area (Å²) in [6.45, 7) is 0.481. The summed E-state index contributed by atoms with van der Waals surface area (Å²) in [6.07, 6.45) is 1.34. The molecule has 0 saturated heterocycles. The van der Waals surface area contributed by atoms with Gasteiger partial charge < -0.3 is 10.6 Å². The minimum absolute atomic E-state index is 0.214. The summed E-state index contributed by atoms with van der Waals surface area (Å²) in [7, 11) is 1.81. The Bertz CT molecular complexity index is 562. The van der Waals surface area contributed by atoms with E-state index in [0.717, 1.165) is 5.56 Å². The van der Waals surface area contributed by atoms with Crippen molar-refractivity contribution in [1.82, 2.24) is 9.97 Å². The van der Waals surface area contributed by atoms with Crippen molar-refractivity contribution >= 4 is 23.1 Å². The van der Waals surface area contributed by atoms with Gasteiger partial charge in [-0.3, -0.25) is 0 Å². The van der Waals surface area contributed by atoms with Gasteiger partial charge in [-0.15, -0.1) is 0 Å². The van der Waals surface area contributed by atoms with Crippen molar-refractivity contribution in [3.05, 3.63) is 47.1 Å². The van der Waals surface area contributed by atoms with Gasteiger partial charge in [0.2, 0.25) is 0 Å².